The van der Waals surface area contributed by atoms with Crippen LogP contribution in [-0.2, 0) is 9.53 Å². The molecular formula is C13H15NO4. The number of benzene rings is 1. The first-order valence-electron chi connectivity index (χ1n) is 5.78. The van der Waals surface area contributed by atoms with E-state index in [1.54, 1.807) is 29.2 Å². The van der Waals surface area contributed by atoms with Crippen LogP contribution in [0.2, 0.25) is 0 Å². The van der Waals surface area contributed by atoms with Crippen LogP contribution in [0.5, 0.6) is 0 Å². The Hall–Kier alpha value is -1.88. The Morgan fingerprint density at radius 1 is 1.56 bits per heavy atom. The molecule has 1 atom stereocenters. The zero-order chi connectivity index (χ0) is 13.1. The highest BCUT2D eigenvalue weighted by molar-refractivity contribution is 5.98. The number of nitrogens with zero attached hydrogens (tertiary/aromatic N) is 1. The zero-order valence-electron chi connectivity index (χ0n) is 10.1. The molecule has 0 aliphatic carbocycles. The Bertz CT molecular complexity index is 472. The predicted molar refractivity (Wildman–Crippen MR) is 65.3 cm³/mol. The summed E-state index contributed by atoms with van der Waals surface area (Å²) in [5.41, 5.74) is 1.08. The summed E-state index contributed by atoms with van der Waals surface area (Å²) in [6.45, 7) is 0.431. The lowest BCUT2D eigenvalue weighted by molar-refractivity contribution is -0.121. The summed E-state index contributed by atoms with van der Waals surface area (Å²) in [4.78, 5) is 24.9. The smallest absolute Gasteiger partial charge is 0.337 e. The highest BCUT2D eigenvalue weighted by Crippen LogP contribution is 2.25. The fraction of sp³-hybridized carbons (Fsp3) is 0.385. The third kappa shape index (κ3) is 2.22. The highest BCUT2D eigenvalue weighted by atomic mass is 16.5. The Labute approximate surface area is 105 Å². The largest absolute Gasteiger partial charge is 0.465 e. The molecule has 18 heavy (non-hydrogen) atoms. The second-order valence-corrected chi connectivity index (χ2v) is 4.20. The van der Waals surface area contributed by atoms with E-state index in [0.717, 1.165) is 0 Å². The van der Waals surface area contributed by atoms with Gasteiger partial charge in [0.05, 0.1) is 25.2 Å². The van der Waals surface area contributed by atoms with Gasteiger partial charge in [0.2, 0.25) is 5.91 Å². The summed E-state index contributed by atoms with van der Waals surface area (Å²) >= 11 is 0. The molecule has 0 bridgehead atoms. The topological polar surface area (TPSA) is 66.8 Å². The molecule has 5 heteroatoms. The van der Waals surface area contributed by atoms with Crippen molar-refractivity contribution in [2.75, 3.05) is 25.2 Å². The van der Waals surface area contributed by atoms with Gasteiger partial charge in [0.15, 0.2) is 0 Å². The van der Waals surface area contributed by atoms with Gasteiger partial charge in [-0.2, -0.15) is 0 Å². The second-order valence-electron chi connectivity index (χ2n) is 4.20. The zero-order valence-corrected chi connectivity index (χ0v) is 10.1. The van der Waals surface area contributed by atoms with Crippen LogP contribution < -0.4 is 4.90 Å². The van der Waals surface area contributed by atoms with E-state index >= 15 is 0 Å². The third-order valence-corrected chi connectivity index (χ3v) is 3.12. The molecule has 1 aliphatic heterocycles. The van der Waals surface area contributed by atoms with E-state index in [9.17, 15) is 9.59 Å². The van der Waals surface area contributed by atoms with Crippen LogP contribution in [0, 0.1) is 5.92 Å². The third-order valence-electron chi connectivity index (χ3n) is 3.12. The average Bonchev–Trinajstić information content (AvgIpc) is 2.79. The summed E-state index contributed by atoms with van der Waals surface area (Å²) < 4.78 is 4.64. The van der Waals surface area contributed by atoms with E-state index in [0.29, 0.717) is 24.2 Å². The van der Waals surface area contributed by atoms with Gasteiger partial charge in [-0.25, -0.2) is 4.79 Å². The van der Waals surface area contributed by atoms with E-state index in [-0.39, 0.29) is 18.4 Å². The van der Waals surface area contributed by atoms with Gasteiger partial charge in [-0.15, -0.1) is 0 Å². The van der Waals surface area contributed by atoms with E-state index in [1.165, 1.54) is 7.11 Å². The summed E-state index contributed by atoms with van der Waals surface area (Å²) in [6, 6.07) is 6.74. The van der Waals surface area contributed by atoms with Crippen molar-refractivity contribution >= 4 is 17.6 Å². The van der Waals surface area contributed by atoms with Gasteiger partial charge < -0.3 is 14.7 Å². The number of aliphatic hydroxyl groups is 1. The SMILES string of the molecule is COC(=O)c1cccc(N2CCC(CO)C2=O)c1. The number of carbonyl (C=O) groups is 2. The Balaban J connectivity index is 2.24. The maximum Gasteiger partial charge on any atom is 0.337 e. The van der Waals surface area contributed by atoms with Crippen LogP contribution in [0.15, 0.2) is 24.3 Å². The maximum atomic E-state index is 11.9. The van der Waals surface area contributed by atoms with Crippen LogP contribution in [0.4, 0.5) is 5.69 Å². The molecule has 5 nitrogen and oxygen atoms in total. The van der Waals surface area contributed by atoms with Crippen molar-refractivity contribution in [1.29, 1.82) is 0 Å². The van der Waals surface area contributed by atoms with Crippen molar-refractivity contribution in [1.82, 2.24) is 0 Å². The van der Waals surface area contributed by atoms with Gasteiger partial charge in [0.1, 0.15) is 0 Å². The lowest BCUT2D eigenvalue weighted by atomic mass is 10.1. The summed E-state index contributed by atoms with van der Waals surface area (Å²) in [7, 11) is 1.32. The molecule has 1 aliphatic rings. The van der Waals surface area contributed by atoms with E-state index in [1.807, 2.05) is 0 Å². The van der Waals surface area contributed by atoms with E-state index < -0.39 is 5.97 Å². The minimum absolute atomic E-state index is 0.0977. The number of aliphatic hydroxyl groups excluding tert-OH is 1. The standard InChI is InChI=1S/C13H15NO4/c1-18-13(17)9-3-2-4-11(7-9)14-6-5-10(8-15)12(14)16/h2-4,7,10,15H,5-6,8H2,1H3. The number of carbonyl (C=O) groups excluding carboxylic acids is 2. The highest BCUT2D eigenvalue weighted by Gasteiger charge is 2.32. The lowest BCUT2D eigenvalue weighted by Crippen LogP contribution is -2.28. The molecule has 96 valence electrons. The van der Waals surface area contributed by atoms with Crippen molar-refractivity contribution in [3.63, 3.8) is 0 Å². The van der Waals surface area contributed by atoms with E-state index in [2.05, 4.69) is 4.74 Å². The minimum Gasteiger partial charge on any atom is -0.465 e. The number of amides is 1. The van der Waals surface area contributed by atoms with Gasteiger partial charge >= 0.3 is 5.97 Å². The summed E-state index contributed by atoms with van der Waals surface area (Å²) in [5.74, 6) is -0.853. The molecular weight excluding hydrogens is 234 g/mol. The predicted octanol–water partition coefficient (Wildman–Crippen LogP) is 0.818. The second kappa shape index (κ2) is 5.18. The van der Waals surface area contributed by atoms with Crippen molar-refractivity contribution in [3.05, 3.63) is 29.8 Å². The molecule has 0 radical (unpaired) electrons. The average molecular weight is 249 g/mol. The summed E-state index contributed by atoms with van der Waals surface area (Å²) in [6.07, 6.45) is 0.637. The Kier molecular flexibility index (Phi) is 3.62. The van der Waals surface area contributed by atoms with Gasteiger partial charge in [-0.05, 0) is 24.6 Å². The molecule has 1 heterocycles. The van der Waals surface area contributed by atoms with Crippen LogP contribution in [0.25, 0.3) is 0 Å². The monoisotopic (exact) mass is 249 g/mol. The number of rotatable bonds is 3. The van der Waals surface area contributed by atoms with Crippen molar-refractivity contribution in [2.24, 2.45) is 5.92 Å². The molecule has 1 amide bonds. The van der Waals surface area contributed by atoms with Gasteiger partial charge in [-0.1, -0.05) is 6.07 Å². The van der Waals surface area contributed by atoms with Crippen LogP contribution in [0.1, 0.15) is 16.8 Å². The van der Waals surface area contributed by atoms with Gasteiger partial charge in [0, 0.05) is 12.2 Å². The molecule has 1 aromatic carbocycles. The normalized spacial score (nSPS) is 19.1. The molecule has 0 spiro atoms. The number of ether oxygens (including phenoxy) is 1. The molecule has 1 N–H and O–H groups in total. The first-order chi connectivity index (χ1) is 8.67. The van der Waals surface area contributed by atoms with Gasteiger partial charge in [0.25, 0.3) is 0 Å². The van der Waals surface area contributed by atoms with Crippen LogP contribution in [0.3, 0.4) is 0 Å². The van der Waals surface area contributed by atoms with E-state index in [4.69, 9.17) is 5.11 Å². The minimum atomic E-state index is -0.429. The lowest BCUT2D eigenvalue weighted by Gasteiger charge is -2.17. The summed E-state index contributed by atoms with van der Waals surface area (Å²) in [5, 5.41) is 9.06. The number of esters is 1. The van der Waals surface area contributed by atoms with Crippen LogP contribution >= 0.6 is 0 Å². The number of methoxy groups -OCH3 is 1. The van der Waals surface area contributed by atoms with Crippen molar-refractivity contribution < 1.29 is 19.4 Å². The fourth-order valence-corrected chi connectivity index (χ4v) is 2.08. The Morgan fingerprint density at radius 2 is 2.33 bits per heavy atom. The molecule has 1 saturated heterocycles. The fourth-order valence-electron chi connectivity index (χ4n) is 2.08. The Morgan fingerprint density at radius 3 is 2.94 bits per heavy atom. The molecule has 1 unspecified atom stereocenters. The molecule has 0 aromatic heterocycles. The number of hydrogen-bond acceptors (Lipinski definition) is 4. The quantitative estimate of drug-likeness (QED) is 0.805. The number of hydrogen-bond donors (Lipinski definition) is 1. The first-order valence-corrected chi connectivity index (χ1v) is 5.78. The van der Waals surface area contributed by atoms with Crippen molar-refractivity contribution in [2.45, 2.75) is 6.42 Å². The molecule has 1 fully saturated rings. The molecule has 2 rings (SSSR count). The molecule has 1 aromatic rings. The van der Waals surface area contributed by atoms with Crippen molar-refractivity contribution in [3.8, 4) is 0 Å². The first kappa shape index (κ1) is 12.6. The number of anilines is 1. The maximum absolute atomic E-state index is 11.9. The van der Waals surface area contributed by atoms with Crippen LogP contribution in [-0.4, -0.2) is 37.2 Å². The van der Waals surface area contributed by atoms with Gasteiger partial charge in [-0.3, -0.25) is 4.79 Å². The molecule has 0 saturated carbocycles.